The van der Waals surface area contributed by atoms with E-state index < -0.39 is 0 Å². The second-order valence-electron chi connectivity index (χ2n) is 5.39. The fourth-order valence-electron chi connectivity index (χ4n) is 2.44. The molecule has 0 unspecified atom stereocenters. The topological polar surface area (TPSA) is 33.2 Å². The van der Waals surface area contributed by atoms with E-state index in [0.29, 0.717) is 6.54 Å². The Morgan fingerprint density at radius 2 is 1.96 bits per heavy atom. The maximum Gasteiger partial charge on any atom is 0.264 e. The van der Waals surface area contributed by atoms with Gasteiger partial charge < -0.3 is 4.90 Å². The Balaban J connectivity index is 1.56. The number of benzene rings is 1. The van der Waals surface area contributed by atoms with Gasteiger partial charge in [-0.1, -0.05) is 18.2 Å². The van der Waals surface area contributed by atoms with E-state index in [9.17, 15) is 4.79 Å². The Morgan fingerprint density at radius 1 is 1.08 bits per heavy atom. The highest BCUT2D eigenvalue weighted by Gasteiger charge is 2.17. The van der Waals surface area contributed by atoms with Crippen LogP contribution in [0.3, 0.4) is 0 Å². The van der Waals surface area contributed by atoms with E-state index in [1.54, 1.807) is 27.6 Å². The molecule has 0 saturated carbocycles. The fraction of sp³-hybridized carbons (Fsp3) is 0.111. The lowest BCUT2D eigenvalue weighted by atomic mass is 10.3. The molecule has 3 heterocycles. The van der Waals surface area contributed by atoms with E-state index in [1.807, 2.05) is 48.8 Å². The number of carbonyl (C=O) groups is 1. The maximum absolute atomic E-state index is 12.6. The highest BCUT2D eigenvalue weighted by molar-refractivity contribution is 7.26. The summed E-state index contributed by atoms with van der Waals surface area (Å²) >= 11 is 4.84. The van der Waals surface area contributed by atoms with Gasteiger partial charge in [-0.3, -0.25) is 4.79 Å². The highest BCUT2D eigenvalue weighted by Crippen LogP contribution is 2.34. The van der Waals surface area contributed by atoms with Crippen molar-refractivity contribution < 1.29 is 4.79 Å². The minimum absolute atomic E-state index is 0.0563. The summed E-state index contributed by atoms with van der Waals surface area (Å²) in [4.78, 5) is 22.0. The average molecular weight is 371 g/mol. The largest absolute Gasteiger partial charge is 0.336 e. The third kappa shape index (κ3) is 3.00. The van der Waals surface area contributed by atoms with Crippen molar-refractivity contribution in [1.82, 2.24) is 9.88 Å². The minimum Gasteiger partial charge on any atom is -0.336 e. The van der Waals surface area contributed by atoms with Crippen LogP contribution < -0.4 is 0 Å². The maximum atomic E-state index is 12.6. The number of hydrogen-bond acceptors (Lipinski definition) is 5. The third-order valence-corrected chi connectivity index (χ3v) is 6.78. The molecule has 0 spiro atoms. The summed E-state index contributed by atoms with van der Waals surface area (Å²) in [7, 11) is 1.85. The Kier molecular flexibility index (Phi) is 4.18. The van der Waals surface area contributed by atoms with Gasteiger partial charge in [0.15, 0.2) is 0 Å². The van der Waals surface area contributed by atoms with Crippen LogP contribution in [0.2, 0.25) is 0 Å². The van der Waals surface area contributed by atoms with Crippen LogP contribution in [-0.2, 0) is 6.54 Å². The van der Waals surface area contributed by atoms with Gasteiger partial charge in [-0.2, -0.15) is 0 Å². The van der Waals surface area contributed by atoms with E-state index >= 15 is 0 Å². The van der Waals surface area contributed by atoms with Gasteiger partial charge in [-0.05, 0) is 35.7 Å². The molecule has 0 atom stereocenters. The number of carbonyl (C=O) groups excluding carboxylic acids is 1. The van der Waals surface area contributed by atoms with Crippen LogP contribution in [0, 0.1) is 0 Å². The lowest BCUT2D eigenvalue weighted by molar-refractivity contribution is 0.0791. The monoisotopic (exact) mass is 370 g/mol. The average Bonchev–Trinajstić information content (AvgIpc) is 3.33. The normalized spacial score (nSPS) is 11.0. The van der Waals surface area contributed by atoms with E-state index in [4.69, 9.17) is 0 Å². The molecule has 0 bridgehead atoms. The molecule has 1 aromatic carbocycles. The first kappa shape index (κ1) is 15.5. The number of para-hydroxylation sites is 1. The Hall–Kier alpha value is -2.02. The van der Waals surface area contributed by atoms with E-state index in [-0.39, 0.29) is 5.91 Å². The van der Waals surface area contributed by atoms with Gasteiger partial charge in [-0.25, -0.2) is 4.98 Å². The molecule has 0 N–H and O–H groups in total. The lowest BCUT2D eigenvalue weighted by Crippen LogP contribution is -2.24. The van der Waals surface area contributed by atoms with Crippen molar-refractivity contribution in [3.05, 3.63) is 63.7 Å². The number of fused-ring (bicyclic) bond motifs is 1. The van der Waals surface area contributed by atoms with Crippen molar-refractivity contribution in [2.45, 2.75) is 6.54 Å². The predicted octanol–water partition coefficient (Wildman–Crippen LogP) is 5.36. The van der Waals surface area contributed by atoms with Crippen molar-refractivity contribution in [1.29, 1.82) is 0 Å². The molecular formula is C18H14N2OS3. The summed E-state index contributed by atoms with van der Waals surface area (Å²) in [5.41, 5.74) is 1.01. The van der Waals surface area contributed by atoms with Gasteiger partial charge in [0.25, 0.3) is 5.91 Å². The SMILES string of the molecule is CN(Cc1cccs1)C(=O)c1ccc(-c2nc3ccccc3s2)s1. The summed E-state index contributed by atoms with van der Waals surface area (Å²) in [6.45, 7) is 0.644. The van der Waals surface area contributed by atoms with Crippen molar-refractivity contribution in [3.8, 4) is 9.88 Å². The smallest absolute Gasteiger partial charge is 0.264 e. The van der Waals surface area contributed by atoms with Crippen LogP contribution in [0.25, 0.3) is 20.1 Å². The van der Waals surface area contributed by atoms with Crippen LogP contribution >= 0.6 is 34.0 Å². The zero-order valence-corrected chi connectivity index (χ0v) is 15.4. The first-order valence-electron chi connectivity index (χ1n) is 7.44. The molecule has 1 amide bonds. The second-order valence-corrected chi connectivity index (χ2v) is 8.54. The van der Waals surface area contributed by atoms with Gasteiger partial charge in [0.1, 0.15) is 5.01 Å². The van der Waals surface area contributed by atoms with Gasteiger partial charge in [0.05, 0.1) is 26.5 Å². The van der Waals surface area contributed by atoms with Crippen molar-refractivity contribution in [2.24, 2.45) is 0 Å². The molecule has 4 rings (SSSR count). The van der Waals surface area contributed by atoms with Crippen molar-refractivity contribution in [3.63, 3.8) is 0 Å². The van der Waals surface area contributed by atoms with Gasteiger partial charge >= 0.3 is 0 Å². The zero-order chi connectivity index (χ0) is 16.5. The minimum atomic E-state index is 0.0563. The molecule has 0 radical (unpaired) electrons. The summed E-state index contributed by atoms with van der Waals surface area (Å²) in [5.74, 6) is 0.0563. The zero-order valence-electron chi connectivity index (χ0n) is 12.9. The highest BCUT2D eigenvalue weighted by atomic mass is 32.1. The molecule has 120 valence electrons. The molecular weight excluding hydrogens is 356 g/mol. The van der Waals surface area contributed by atoms with Crippen molar-refractivity contribution >= 4 is 50.1 Å². The van der Waals surface area contributed by atoms with Crippen LogP contribution in [0.5, 0.6) is 0 Å². The number of thiazole rings is 1. The quantitative estimate of drug-likeness (QED) is 0.484. The van der Waals surface area contributed by atoms with Crippen LogP contribution in [-0.4, -0.2) is 22.8 Å². The lowest BCUT2D eigenvalue weighted by Gasteiger charge is -2.14. The summed E-state index contributed by atoms with van der Waals surface area (Å²) in [5, 5.41) is 3.01. The molecule has 3 nitrogen and oxygen atoms in total. The second kappa shape index (κ2) is 6.47. The molecule has 6 heteroatoms. The van der Waals surface area contributed by atoms with Gasteiger partial charge in [0.2, 0.25) is 0 Å². The van der Waals surface area contributed by atoms with Gasteiger partial charge in [0, 0.05) is 11.9 Å². The number of aromatic nitrogens is 1. The first-order chi connectivity index (χ1) is 11.7. The number of hydrogen-bond donors (Lipinski definition) is 0. The molecule has 0 aliphatic carbocycles. The molecule has 0 aliphatic rings. The van der Waals surface area contributed by atoms with Crippen LogP contribution in [0.1, 0.15) is 14.5 Å². The number of rotatable bonds is 4. The van der Waals surface area contributed by atoms with Crippen LogP contribution in [0.15, 0.2) is 53.9 Å². The summed E-state index contributed by atoms with van der Waals surface area (Å²) in [6, 6.07) is 16.1. The number of nitrogens with zero attached hydrogens (tertiary/aromatic N) is 2. The number of thiophene rings is 2. The molecule has 4 aromatic rings. The fourth-order valence-corrected chi connectivity index (χ4v) is 5.22. The molecule has 0 aliphatic heterocycles. The molecule has 0 saturated heterocycles. The van der Waals surface area contributed by atoms with Crippen molar-refractivity contribution in [2.75, 3.05) is 7.05 Å². The molecule has 24 heavy (non-hydrogen) atoms. The van der Waals surface area contributed by atoms with E-state index in [1.165, 1.54) is 20.9 Å². The Morgan fingerprint density at radius 3 is 2.75 bits per heavy atom. The molecule has 0 fully saturated rings. The first-order valence-corrected chi connectivity index (χ1v) is 9.95. The Labute approximate surface area is 151 Å². The molecule has 3 aromatic heterocycles. The number of amides is 1. The van der Waals surface area contributed by atoms with E-state index in [0.717, 1.165) is 20.3 Å². The predicted molar refractivity (Wildman–Crippen MR) is 103 cm³/mol. The van der Waals surface area contributed by atoms with Gasteiger partial charge in [-0.15, -0.1) is 34.0 Å². The standard InChI is InChI=1S/C18H14N2OS3/c1-20(11-12-5-4-10-22-12)18(21)16-9-8-15(23-16)17-19-13-6-2-3-7-14(13)24-17/h2-10H,11H2,1H3. The summed E-state index contributed by atoms with van der Waals surface area (Å²) < 4.78 is 1.17. The van der Waals surface area contributed by atoms with Crippen LogP contribution in [0.4, 0.5) is 0 Å². The third-order valence-electron chi connectivity index (χ3n) is 3.64. The summed E-state index contributed by atoms with van der Waals surface area (Å²) in [6.07, 6.45) is 0. The van der Waals surface area contributed by atoms with E-state index in [2.05, 4.69) is 17.1 Å². The Bertz CT molecular complexity index is 952.